The molecule has 6 heteroatoms. The number of fused-ring (bicyclic) bond motifs is 1. The van der Waals surface area contributed by atoms with Crippen LogP contribution in [-0.4, -0.2) is 24.7 Å². The van der Waals surface area contributed by atoms with Crippen molar-refractivity contribution >= 4 is 5.96 Å². The number of guanidine groups is 1. The molecule has 6 nitrogen and oxygen atoms in total. The van der Waals surface area contributed by atoms with Crippen molar-refractivity contribution in [2.75, 3.05) is 13.7 Å². The fourth-order valence-corrected chi connectivity index (χ4v) is 2.52. The fourth-order valence-electron chi connectivity index (χ4n) is 2.52. The molecule has 1 atom stereocenters. The molecular weight excluding hydrogens is 292 g/mol. The minimum Gasteiger partial charge on any atom is -0.493 e. The molecule has 3 N–H and O–H groups in total. The van der Waals surface area contributed by atoms with Crippen molar-refractivity contribution in [1.29, 1.82) is 0 Å². The molecule has 1 aromatic carbocycles. The van der Waals surface area contributed by atoms with Gasteiger partial charge in [-0.3, -0.25) is 0 Å². The zero-order chi connectivity index (χ0) is 16.1. The van der Waals surface area contributed by atoms with Crippen LogP contribution in [0.25, 0.3) is 0 Å². The van der Waals surface area contributed by atoms with Crippen molar-refractivity contribution in [3.63, 3.8) is 0 Å². The summed E-state index contributed by atoms with van der Waals surface area (Å²) in [5.74, 6) is 1.91. The van der Waals surface area contributed by atoms with E-state index in [4.69, 9.17) is 15.2 Å². The summed E-state index contributed by atoms with van der Waals surface area (Å²) in [6.07, 6.45) is 2.59. The molecule has 0 spiro atoms. The van der Waals surface area contributed by atoms with E-state index >= 15 is 0 Å². The molecule has 0 saturated carbocycles. The first-order valence-electron chi connectivity index (χ1n) is 7.53. The third kappa shape index (κ3) is 3.71. The van der Waals surface area contributed by atoms with Crippen LogP contribution < -0.4 is 20.5 Å². The summed E-state index contributed by atoms with van der Waals surface area (Å²) >= 11 is 0. The zero-order valence-electron chi connectivity index (χ0n) is 13.0. The standard InChI is InChI=1S/C17H20N4O2/c1-22-16-7-6-12(10-19-16)11-20-17(18)21-14-8-9-23-15-5-3-2-4-13(14)15/h2-7,10,14H,8-9,11H2,1H3,(H3,18,20,21). The van der Waals surface area contributed by atoms with Crippen molar-refractivity contribution in [2.24, 2.45) is 10.7 Å². The normalized spacial score (nSPS) is 17.1. The molecule has 0 fully saturated rings. The Kier molecular flexibility index (Phi) is 4.61. The zero-order valence-corrected chi connectivity index (χ0v) is 13.0. The third-order valence-electron chi connectivity index (χ3n) is 3.72. The molecular formula is C17H20N4O2. The van der Waals surface area contributed by atoms with Crippen LogP contribution in [0.3, 0.4) is 0 Å². The van der Waals surface area contributed by atoms with Crippen LogP contribution in [-0.2, 0) is 6.54 Å². The van der Waals surface area contributed by atoms with Crippen LogP contribution >= 0.6 is 0 Å². The van der Waals surface area contributed by atoms with E-state index in [9.17, 15) is 0 Å². The Hall–Kier alpha value is -2.76. The lowest BCUT2D eigenvalue weighted by Gasteiger charge is -2.26. The topological polar surface area (TPSA) is 81.8 Å². The number of rotatable bonds is 4. The quantitative estimate of drug-likeness (QED) is 0.667. The van der Waals surface area contributed by atoms with Gasteiger partial charge in [0.05, 0.1) is 26.3 Å². The number of nitrogens with one attached hydrogen (secondary N) is 1. The maximum atomic E-state index is 6.02. The summed E-state index contributed by atoms with van der Waals surface area (Å²) in [7, 11) is 1.59. The SMILES string of the molecule is COc1ccc(CN=C(N)NC2CCOc3ccccc32)cn1. The highest BCUT2D eigenvalue weighted by Crippen LogP contribution is 2.31. The van der Waals surface area contributed by atoms with Crippen LogP contribution in [0.5, 0.6) is 11.6 Å². The maximum Gasteiger partial charge on any atom is 0.212 e. The lowest BCUT2D eigenvalue weighted by atomic mass is 10.0. The Bertz CT molecular complexity index is 685. The average molecular weight is 312 g/mol. The number of hydrogen-bond donors (Lipinski definition) is 2. The highest BCUT2D eigenvalue weighted by molar-refractivity contribution is 5.78. The van der Waals surface area contributed by atoms with E-state index in [1.807, 2.05) is 36.4 Å². The predicted octanol–water partition coefficient (Wildman–Crippen LogP) is 2.02. The summed E-state index contributed by atoms with van der Waals surface area (Å²) < 4.78 is 10.7. The predicted molar refractivity (Wildman–Crippen MR) is 88.5 cm³/mol. The van der Waals surface area contributed by atoms with Gasteiger partial charge in [-0.05, 0) is 11.6 Å². The Morgan fingerprint density at radius 2 is 2.26 bits per heavy atom. The molecule has 1 aliphatic rings. The molecule has 23 heavy (non-hydrogen) atoms. The van der Waals surface area contributed by atoms with Crippen LogP contribution in [0.4, 0.5) is 0 Å². The molecule has 0 saturated heterocycles. The molecule has 0 radical (unpaired) electrons. The van der Waals surface area contributed by atoms with Gasteiger partial charge in [0.15, 0.2) is 5.96 Å². The summed E-state index contributed by atoms with van der Waals surface area (Å²) in [6.45, 7) is 1.14. The Morgan fingerprint density at radius 1 is 1.39 bits per heavy atom. The molecule has 2 heterocycles. The Balaban J connectivity index is 1.63. The van der Waals surface area contributed by atoms with E-state index in [0.29, 0.717) is 25.0 Å². The van der Waals surface area contributed by atoms with Gasteiger partial charge >= 0.3 is 0 Å². The van der Waals surface area contributed by atoms with Crippen LogP contribution in [0.1, 0.15) is 23.6 Å². The summed E-state index contributed by atoms with van der Waals surface area (Å²) in [4.78, 5) is 8.53. The van der Waals surface area contributed by atoms with Gasteiger partial charge in [-0.25, -0.2) is 9.98 Å². The number of methoxy groups -OCH3 is 1. The second kappa shape index (κ2) is 7.00. The van der Waals surface area contributed by atoms with E-state index in [1.54, 1.807) is 13.3 Å². The molecule has 1 aliphatic heterocycles. The van der Waals surface area contributed by atoms with Crippen molar-refractivity contribution in [3.8, 4) is 11.6 Å². The number of pyridine rings is 1. The molecule has 0 amide bonds. The number of ether oxygens (including phenoxy) is 2. The Morgan fingerprint density at radius 3 is 3.04 bits per heavy atom. The minimum absolute atomic E-state index is 0.123. The molecule has 0 bridgehead atoms. The summed E-state index contributed by atoms with van der Waals surface area (Å²) in [5, 5.41) is 3.27. The number of para-hydroxylation sites is 1. The number of aromatic nitrogens is 1. The van der Waals surface area contributed by atoms with Crippen molar-refractivity contribution in [1.82, 2.24) is 10.3 Å². The van der Waals surface area contributed by atoms with E-state index < -0.39 is 0 Å². The first kappa shape index (κ1) is 15.1. The van der Waals surface area contributed by atoms with Crippen LogP contribution in [0, 0.1) is 0 Å². The van der Waals surface area contributed by atoms with Gasteiger partial charge in [-0.15, -0.1) is 0 Å². The Labute approximate surface area is 135 Å². The van der Waals surface area contributed by atoms with Gasteiger partial charge in [0, 0.05) is 24.2 Å². The largest absolute Gasteiger partial charge is 0.493 e. The van der Waals surface area contributed by atoms with Gasteiger partial charge < -0.3 is 20.5 Å². The highest BCUT2D eigenvalue weighted by atomic mass is 16.5. The number of benzene rings is 1. The van der Waals surface area contributed by atoms with Crippen molar-refractivity contribution in [2.45, 2.75) is 19.0 Å². The van der Waals surface area contributed by atoms with Crippen LogP contribution in [0.2, 0.25) is 0 Å². The third-order valence-corrected chi connectivity index (χ3v) is 3.72. The number of nitrogens with two attached hydrogens (primary N) is 1. The number of aliphatic imine (C=N–C) groups is 1. The van der Waals surface area contributed by atoms with E-state index in [1.165, 1.54) is 0 Å². The van der Waals surface area contributed by atoms with Gasteiger partial charge in [-0.2, -0.15) is 0 Å². The summed E-state index contributed by atoms with van der Waals surface area (Å²) in [6, 6.07) is 11.8. The second-order valence-electron chi connectivity index (χ2n) is 5.28. The van der Waals surface area contributed by atoms with Crippen molar-refractivity contribution in [3.05, 3.63) is 53.7 Å². The van der Waals surface area contributed by atoms with Gasteiger partial charge in [0.25, 0.3) is 0 Å². The molecule has 0 aliphatic carbocycles. The molecule has 3 rings (SSSR count). The molecule has 120 valence electrons. The lowest BCUT2D eigenvalue weighted by molar-refractivity contribution is 0.262. The van der Waals surface area contributed by atoms with Gasteiger partial charge in [-0.1, -0.05) is 24.3 Å². The molecule has 1 unspecified atom stereocenters. The van der Waals surface area contributed by atoms with E-state index in [-0.39, 0.29) is 6.04 Å². The lowest BCUT2D eigenvalue weighted by Crippen LogP contribution is -2.37. The number of nitrogens with zero attached hydrogens (tertiary/aromatic N) is 2. The van der Waals surface area contributed by atoms with Crippen molar-refractivity contribution < 1.29 is 9.47 Å². The first-order valence-corrected chi connectivity index (χ1v) is 7.53. The van der Waals surface area contributed by atoms with E-state index in [0.717, 1.165) is 23.3 Å². The molecule has 2 aromatic rings. The number of hydrogen-bond acceptors (Lipinski definition) is 4. The first-order chi connectivity index (χ1) is 11.3. The minimum atomic E-state index is 0.123. The molecule has 1 aromatic heterocycles. The fraction of sp³-hybridized carbons (Fsp3) is 0.294. The van der Waals surface area contributed by atoms with E-state index in [2.05, 4.69) is 15.3 Å². The average Bonchev–Trinajstić information content (AvgIpc) is 2.61. The smallest absolute Gasteiger partial charge is 0.212 e. The second-order valence-corrected chi connectivity index (χ2v) is 5.28. The highest BCUT2D eigenvalue weighted by Gasteiger charge is 2.21. The van der Waals surface area contributed by atoms with Gasteiger partial charge in [0.2, 0.25) is 5.88 Å². The monoisotopic (exact) mass is 312 g/mol. The van der Waals surface area contributed by atoms with Gasteiger partial charge in [0.1, 0.15) is 5.75 Å². The van der Waals surface area contributed by atoms with Crippen LogP contribution in [0.15, 0.2) is 47.6 Å². The summed E-state index contributed by atoms with van der Waals surface area (Å²) in [5.41, 5.74) is 8.11. The maximum absolute atomic E-state index is 6.02.